The molecule has 1 aliphatic rings. The molecule has 34 heavy (non-hydrogen) atoms. The number of carboxylic acid groups (broad SMARTS) is 1. The largest absolute Gasteiger partial charge is 0.480 e. The van der Waals surface area contributed by atoms with Crippen LogP contribution in [0.3, 0.4) is 0 Å². The third-order valence-corrected chi connectivity index (χ3v) is 5.94. The molecule has 0 heterocycles. The molecule has 3 rings (SSSR count). The van der Waals surface area contributed by atoms with E-state index in [-0.39, 0.29) is 24.9 Å². The van der Waals surface area contributed by atoms with Crippen LogP contribution in [0, 0.1) is 0 Å². The summed E-state index contributed by atoms with van der Waals surface area (Å²) in [4.78, 5) is 37.4. The van der Waals surface area contributed by atoms with Gasteiger partial charge in [0.05, 0.1) is 0 Å². The maximum atomic E-state index is 12.2. The molecule has 8 heteroatoms. The van der Waals surface area contributed by atoms with Crippen molar-refractivity contribution in [3.05, 3.63) is 59.7 Å². The van der Waals surface area contributed by atoms with Gasteiger partial charge in [-0.2, -0.15) is 0 Å². The van der Waals surface area contributed by atoms with E-state index in [0.29, 0.717) is 32.4 Å². The lowest BCUT2D eigenvalue weighted by Crippen LogP contribution is -2.42. The molecule has 0 radical (unpaired) electrons. The number of rotatable bonds is 12. The average Bonchev–Trinajstić information content (AvgIpc) is 3.13. The molecule has 0 fully saturated rings. The summed E-state index contributed by atoms with van der Waals surface area (Å²) in [7, 11) is 3.70. The summed E-state index contributed by atoms with van der Waals surface area (Å²) in [6.45, 7) is 1.21. The number of nitrogens with zero attached hydrogens (tertiary/aromatic N) is 1. The molecule has 0 bridgehead atoms. The standard InChI is InChI=1S/C26H33N3O5/c1-29(2)16-14-23(25(31)32)28-24(30)13-7-8-15-27-26(33)34-17-22-20-11-5-3-9-18(20)19-10-4-6-12-21(19)22/h3-6,9-12,22-23H,7-8,13-17H2,1-2H3,(H,27,33)(H,28,30)(H,31,32). The van der Waals surface area contributed by atoms with Gasteiger partial charge < -0.3 is 25.4 Å². The van der Waals surface area contributed by atoms with Crippen LogP contribution in [0.2, 0.25) is 0 Å². The quantitative estimate of drug-likeness (QED) is 0.414. The summed E-state index contributed by atoms with van der Waals surface area (Å²) in [5.41, 5.74) is 4.68. The monoisotopic (exact) mass is 467 g/mol. The third-order valence-electron chi connectivity index (χ3n) is 5.94. The van der Waals surface area contributed by atoms with Crippen molar-refractivity contribution in [1.82, 2.24) is 15.5 Å². The van der Waals surface area contributed by atoms with Gasteiger partial charge in [-0.25, -0.2) is 9.59 Å². The summed E-state index contributed by atoms with van der Waals surface area (Å²) in [6.07, 6.45) is 1.19. The fraction of sp³-hybridized carbons (Fsp3) is 0.423. The van der Waals surface area contributed by atoms with Crippen molar-refractivity contribution in [2.24, 2.45) is 0 Å². The second-order valence-electron chi connectivity index (χ2n) is 8.76. The lowest BCUT2D eigenvalue weighted by Gasteiger charge is -2.17. The summed E-state index contributed by atoms with van der Waals surface area (Å²) >= 11 is 0. The molecular formula is C26H33N3O5. The Kier molecular flexibility index (Phi) is 9.04. The van der Waals surface area contributed by atoms with E-state index in [9.17, 15) is 19.5 Å². The third kappa shape index (κ3) is 6.81. The first-order valence-corrected chi connectivity index (χ1v) is 11.6. The van der Waals surface area contributed by atoms with Crippen molar-refractivity contribution in [3.8, 4) is 11.1 Å². The zero-order valence-corrected chi connectivity index (χ0v) is 19.8. The molecule has 1 unspecified atom stereocenters. The Balaban J connectivity index is 1.36. The molecule has 0 saturated heterocycles. The lowest BCUT2D eigenvalue weighted by atomic mass is 9.98. The van der Waals surface area contributed by atoms with E-state index in [1.54, 1.807) is 0 Å². The Morgan fingerprint density at radius 2 is 1.62 bits per heavy atom. The second-order valence-corrected chi connectivity index (χ2v) is 8.76. The molecule has 2 aromatic rings. The molecule has 2 aromatic carbocycles. The van der Waals surface area contributed by atoms with Gasteiger partial charge in [0.15, 0.2) is 0 Å². The van der Waals surface area contributed by atoms with Crippen LogP contribution in [-0.2, 0) is 14.3 Å². The first-order valence-electron chi connectivity index (χ1n) is 11.6. The minimum Gasteiger partial charge on any atom is -0.480 e. The van der Waals surface area contributed by atoms with Gasteiger partial charge in [-0.05, 0) is 55.6 Å². The van der Waals surface area contributed by atoms with Gasteiger partial charge in [-0.3, -0.25) is 4.79 Å². The number of carbonyl (C=O) groups excluding carboxylic acids is 2. The molecule has 1 atom stereocenters. The highest BCUT2D eigenvalue weighted by Gasteiger charge is 2.29. The van der Waals surface area contributed by atoms with Crippen molar-refractivity contribution in [3.63, 3.8) is 0 Å². The number of aliphatic carboxylic acids is 1. The first-order chi connectivity index (χ1) is 16.4. The number of amides is 2. The second kappa shape index (κ2) is 12.2. The Labute approximate surface area is 200 Å². The van der Waals surface area contributed by atoms with Gasteiger partial charge >= 0.3 is 12.1 Å². The number of unbranched alkanes of at least 4 members (excludes halogenated alkanes) is 1. The van der Waals surface area contributed by atoms with Crippen LogP contribution in [0.25, 0.3) is 11.1 Å². The summed E-state index contributed by atoms with van der Waals surface area (Å²) < 4.78 is 5.49. The van der Waals surface area contributed by atoms with E-state index in [2.05, 4.69) is 34.9 Å². The lowest BCUT2D eigenvalue weighted by molar-refractivity contribution is -0.142. The molecular weight excluding hydrogens is 434 g/mol. The molecule has 8 nitrogen and oxygen atoms in total. The molecule has 182 valence electrons. The van der Waals surface area contributed by atoms with E-state index in [1.165, 1.54) is 11.1 Å². The smallest absolute Gasteiger partial charge is 0.407 e. The van der Waals surface area contributed by atoms with Crippen LogP contribution in [0.5, 0.6) is 0 Å². The van der Waals surface area contributed by atoms with Crippen molar-refractivity contribution in [2.45, 2.75) is 37.6 Å². The summed E-state index contributed by atoms with van der Waals surface area (Å²) in [5.74, 6) is -1.32. The maximum absolute atomic E-state index is 12.2. The highest BCUT2D eigenvalue weighted by Crippen LogP contribution is 2.44. The number of carboxylic acids is 1. The minimum atomic E-state index is -1.04. The minimum absolute atomic E-state index is 0.0107. The highest BCUT2D eigenvalue weighted by molar-refractivity contribution is 5.83. The predicted molar refractivity (Wildman–Crippen MR) is 130 cm³/mol. The van der Waals surface area contributed by atoms with Crippen LogP contribution < -0.4 is 10.6 Å². The summed E-state index contributed by atoms with van der Waals surface area (Å²) in [6, 6.07) is 15.4. The normalized spacial score (nSPS) is 13.1. The number of ether oxygens (including phenoxy) is 1. The Bertz CT molecular complexity index is 962. The topological polar surface area (TPSA) is 108 Å². The molecule has 0 aromatic heterocycles. The van der Waals surface area contributed by atoms with Gasteiger partial charge in [0, 0.05) is 25.4 Å². The van der Waals surface area contributed by atoms with Crippen LogP contribution in [0.4, 0.5) is 4.79 Å². The van der Waals surface area contributed by atoms with Gasteiger partial charge in [-0.15, -0.1) is 0 Å². The number of hydrogen-bond donors (Lipinski definition) is 3. The Hall–Kier alpha value is -3.39. The van der Waals surface area contributed by atoms with E-state index in [0.717, 1.165) is 11.1 Å². The van der Waals surface area contributed by atoms with E-state index in [1.807, 2.05) is 43.3 Å². The predicted octanol–water partition coefficient (Wildman–Crippen LogP) is 3.22. The van der Waals surface area contributed by atoms with Gasteiger partial charge in [0.25, 0.3) is 0 Å². The average molecular weight is 468 g/mol. The molecule has 0 aliphatic heterocycles. The zero-order valence-electron chi connectivity index (χ0n) is 19.8. The number of carbonyl (C=O) groups is 3. The maximum Gasteiger partial charge on any atom is 0.407 e. The van der Waals surface area contributed by atoms with E-state index < -0.39 is 18.1 Å². The molecule has 2 amide bonds. The number of hydrogen-bond acceptors (Lipinski definition) is 5. The number of benzene rings is 2. The molecule has 3 N–H and O–H groups in total. The summed E-state index contributed by atoms with van der Waals surface area (Å²) in [5, 5.41) is 14.5. The number of alkyl carbamates (subject to hydrolysis) is 1. The fourth-order valence-corrected chi connectivity index (χ4v) is 4.16. The zero-order chi connectivity index (χ0) is 24.5. The van der Waals surface area contributed by atoms with E-state index in [4.69, 9.17) is 4.74 Å². The van der Waals surface area contributed by atoms with Crippen molar-refractivity contribution >= 4 is 18.0 Å². The molecule has 0 saturated carbocycles. The molecule has 0 spiro atoms. The van der Waals surface area contributed by atoms with Gasteiger partial charge in [0.2, 0.25) is 5.91 Å². The number of nitrogens with one attached hydrogen (secondary N) is 2. The van der Waals surface area contributed by atoms with Crippen molar-refractivity contribution in [2.75, 3.05) is 33.8 Å². The highest BCUT2D eigenvalue weighted by atomic mass is 16.5. The van der Waals surface area contributed by atoms with Crippen molar-refractivity contribution in [1.29, 1.82) is 0 Å². The first kappa shape index (κ1) is 25.2. The van der Waals surface area contributed by atoms with Crippen LogP contribution in [-0.4, -0.2) is 67.8 Å². The van der Waals surface area contributed by atoms with Gasteiger partial charge in [0.1, 0.15) is 12.6 Å². The molecule has 1 aliphatic carbocycles. The van der Waals surface area contributed by atoms with E-state index >= 15 is 0 Å². The number of fused-ring (bicyclic) bond motifs is 3. The Morgan fingerprint density at radius 1 is 1.00 bits per heavy atom. The van der Waals surface area contributed by atoms with Crippen LogP contribution in [0.1, 0.15) is 42.7 Å². The SMILES string of the molecule is CN(C)CCC(NC(=O)CCCCNC(=O)OCC1c2ccccc2-c2ccccc21)C(=O)O. The van der Waals surface area contributed by atoms with Gasteiger partial charge in [-0.1, -0.05) is 48.5 Å². The van der Waals surface area contributed by atoms with Crippen molar-refractivity contribution < 1.29 is 24.2 Å². The van der Waals surface area contributed by atoms with Crippen LogP contribution >= 0.6 is 0 Å². The van der Waals surface area contributed by atoms with Crippen LogP contribution in [0.15, 0.2) is 48.5 Å². The Morgan fingerprint density at radius 3 is 2.21 bits per heavy atom. The fourth-order valence-electron chi connectivity index (χ4n) is 4.16.